The van der Waals surface area contributed by atoms with Crippen LogP contribution in [0.1, 0.15) is 42.9 Å². The first kappa shape index (κ1) is 23.4. The summed E-state index contributed by atoms with van der Waals surface area (Å²) in [6, 6.07) is 10.7. The Kier molecular flexibility index (Phi) is 7.98. The average Bonchev–Trinajstić information content (AvgIpc) is 2.75. The van der Waals surface area contributed by atoms with Crippen LogP contribution >= 0.6 is 11.8 Å². The Balaban J connectivity index is 1.83. The molecule has 0 bridgehead atoms. The molecule has 162 valence electrons. The summed E-state index contributed by atoms with van der Waals surface area (Å²) in [5.74, 6) is 2.28. The lowest BCUT2D eigenvalue weighted by molar-refractivity contribution is 0.572. The van der Waals surface area contributed by atoms with Crippen molar-refractivity contribution in [2.75, 3.05) is 0 Å². The normalized spacial score (nSPS) is 10.4. The summed E-state index contributed by atoms with van der Waals surface area (Å²) in [7, 11) is 0. The average molecular weight is 454 g/mol. The van der Waals surface area contributed by atoms with Gasteiger partial charge in [-0.25, -0.2) is 17.6 Å². The van der Waals surface area contributed by atoms with Crippen LogP contribution in [0.2, 0.25) is 0 Å². The van der Waals surface area contributed by atoms with Crippen LogP contribution in [-0.2, 0) is 6.42 Å². The van der Waals surface area contributed by atoms with E-state index in [9.17, 15) is 17.6 Å². The van der Waals surface area contributed by atoms with Gasteiger partial charge >= 0.3 is 0 Å². The number of unbranched alkanes of at least 4 members (excludes halogenated alkanes) is 2. The Labute approximate surface area is 189 Å². The van der Waals surface area contributed by atoms with Gasteiger partial charge in [-0.15, -0.1) is 0 Å². The molecule has 0 saturated carbocycles. The minimum atomic E-state index is -0.744. The molecule has 3 aromatic rings. The van der Waals surface area contributed by atoms with E-state index in [4.69, 9.17) is 5.26 Å². The predicted octanol–water partition coefficient (Wildman–Crippen LogP) is 7.62. The monoisotopic (exact) mass is 453 g/mol. The van der Waals surface area contributed by atoms with Crippen molar-refractivity contribution in [3.8, 4) is 28.4 Å². The van der Waals surface area contributed by atoms with Crippen LogP contribution < -0.4 is 0 Å². The van der Waals surface area contributed by atoms with E-state index < -0.39 is 23.3 Å². The number of rotatable bonds is 6. The minimum absolute atomic E-state index is 0.150. The molecule has 3 rings (SSSR count). The van der Waals surface area contributed by atoms with Crippen LogP contribution in [-0.4, -0.2) is 0 Å². The van der Waals surface area contributed by atoms with Gasteiger partial charge < -0.3 is 0 Å². The van der Waals surface area contributed by atoms with Gasteiger partial charge in [0.2, 0.25) is 0 Å². The van der Waals surface area contributed by atoms with Crippen LogP contribution in [0.25, 0.3) is 11.1 Å². The zero-order chi connectivity index (χ0) is 23.1. The molecule has 0 aliphatic rings. The second-order valence-electron chi connectivity index (χ2n) is 7.17. The van der Waals surface area contributed by atoms with Gasteiger partial charge in [0.05, 0.1) is 10.5 Å². The van der Waals surface area contributed by atoms with Crippen LogP contribution in [0, 0.1) is 45.8 Å². The van der Waals surface area contributed by atoms with Crippen LogP contribution in [0.4, 0.5) is 17.6 Å². The van der Waals surface area contributed by atoms with Crippen molar-refractivity contribution in [1.29, 1.82) is 5.26 Å². The molecule has 1 nitrogen and oxygen atoms in total. The van der Waals surface area contributed by atoms with Crippen molar-refractivity contribution in [1.82, 2.24) is 0 Å². The van der Waals surface area contributed by atoms with Gasteiger partial charge in [0.1, 0.15) is 28.7 Å². The van der Waals surface area contributed by atoms with E-state index in [1.54, 1.807) is 5.40 Å². The van der Waals surface area contributed by atoms with Gasteiger partial charge in [0.25, 0.3) is 0 Å². The van der Waals surface area contributed by atoms with Crippen molar-refractivity contribution in [3.05, 3.63) is 88.5 Å². The number of halogens is 4. The van der Waals surface area contributed by atoms with E-state index in [0.717, 1.165) is 31.4 Å². The van der Waals surface area contributed by atoms with Gasteiger partial charge in [-0.3, -0.25) is 0 Å². The van der Waals surface area contributed by atoms with Crippen molar-refractivity contribution in [3.63, 3.8) is 0 Å². The van der Waals surface area contributed by atoms with E-state index in [1.807, 2.05) is 0 Å². The molecule has 0 spiro atoms. The second kappa shape index (κ2) is 10.9. The second-order valence-corrected chi connectivity index (χ2v) is 8.00. The molecular formula is C26H19F4NS. The van der Waals surface area contributed by atoms with E-state index in [0.29, 0.717) is 29.3 Å². The maximum atomic E-state index is 14.6. The van der Waals surface area contributed by atoms with Crippen LogP contribution in [0.15, 0.2) is 53.4 Å². The first-order chi connectivity index (χ1) is 15.4. The minimum Gasteiger partial charge on any atom is -0.206 e. The highest BCUT2D eigenvalue weighted by Crippen LogP contribution is 2.29. The molecule has 6 heteroatoms. The van der Waals surface area contributed by atoms with E-state index >= 15 is 0 Å². The Bertz CT molecular complexity index is 1210. The Morgan fingerprint density at radius 2 is 1.56 bits per heavy atom. The quantitative estimate of drug-likeness (QED) is 0.126. The summed E-state index contributed by atoms with van der Waals surface area (Å²) in [6.45, 7) is 2.05. The van der Waals surface area contributed by atoms with Crippen LogP contribution in [0.5, 0.6) is 0 Å². The van der Waals surface area contributed by atoms with Gasteiger partial charge in [0, 0.05) is 11.1 Å². The number of thioether (sulfide) groups is 1. The zero-order valence-corrected chi connectivity index (χ0v) is 18.1. The summed E-state index contributed by atoms with van der Waals surface area (Å²) in [4.78, 5) is 0.152. The fourth-order valence-corrected chi connectivity index (χ4v) is 3.62. The number of nitriles is 1. The first-order valence-electron chi connectivity index (χ1n) is 10.1. The van der Waals surface area contributed by atoms with Crippen molar-refractivity contribution >= 4 is 11.8 Å². The Morgan fingerprint density at radius 1 is 0.812 bits per heavy atom. The number of hydrogen-bond acceptors (Lipinski definition) is 2. The fraction of sp³-hybridized carbons (Fsp3) is 0.192. The molecule has 0 radical (unpaired) electrons. The molecule has 0 atom stereocenters. The third-order valence-corrected chi connectivity index (χ3v) is 5.51. The maximum Gasteiger partial charge on any atom is 0.142 e. The van der Waals surface area contributed by atoms with Crippen molar-refractivity contribution < 1.29 is 17.6 Å². The molecule has 0 aromatic heterocycles. The lowest BCUT2D eigenvalue weighted by atomic mass is 10.0. The fourth-order valence-electron chi connectivity index (χ4n) is 3.23. The maximum absolute atomic E-state index is 14.6. The Hall–Kier alpha value is -3.22. The number of thiocyanates is 1. The summed E-state index contributed by atoms with van der Waals surface area (Å²) in [6.07, 6.45) is 3.46. The Morgan fingerprint density at radius 3 is 2.19 bits per heavy atom. The largest absolute Gasteiger partial charge is 0.206 e. The molecule has 0 heterocycles. The molecule has 0 aliphatic carbocycles. The molecule has 0 aliphatic heterocycles. The number of nitrogens with zero attached hydrogens (tertiary/aromatic N) is 1. The number of hydrogen-bond donors (Lipinski definition) is 0. The van der Waals surface area contributed by atoms with Gasteiger partial charge in [-0.05, 0) is 72.1 Å². The zero-order valence-electron chi connectivity index (χ0n) is 17.3. The highest BCUT2D eigenvalue weighted by atomic mass is 32.2. The number of benzene rings is 3. The molecule has 0 unspecified atom stereocenters. The van der Waals surface area contributed by atoms with Gasteiger partial charge in [0.15, 0.2) is 0 Å². The third-order valence-electron chi connectivity index (χ3n) is 4.87. The predicted molar refractivity (Wildman–Crippen MR) is 119 cm³/mol. The molecule has 32 heavy (non-hydrogen) atoms. The highest BCUT2D eigenvalue weighted by molar-refractivity contribution is 8.03. The topological polar surface area (TPSA) is 23.8 Å². The molecule has 0 N–H and O–H groups in total. The molecular weight excluding hydrogens is 434 g/mol. The SMILES string of the molecule is CCCCCc1cc(F)c(C#Cc2ccc(-c3ccc(SC#N)c(F)c3)c(F)c2)c(F)c1. The lowest BCUT2D eigenvalue weighted by Crippen LogP contribution is -1.95. The van der Waals surface area contributed by atoms with Crippen LogP contribution in [0.3, 0.4) is 0 Å². The van der Waals surface area contributed by atoms with Gasteiger partial charge in [-0.2, -0.15) is 5.26 Å². The molecule has 0 fully saturated rings. The highest BCUT2D eigenvalue weighted by Gasteiger charge is 2.11. The van der Waals surface area contributed by atoms with Crippen molar-refractivity contribution in [2.45, 2.75) is 37.5 Å². The number of aryl methyl sites for hydroxylation is 1. The van der Waals surface area contributed by atoms with Gasteiger partial charge in [-0.1, -0.05) is 43.7 Å². The summed E-state index contributed by atoms with van der Waals surface area (Å²) in [5.41, 5.74) is 0.908. The first-order valence-corrected chi connectivity index (χ1v) is 10.9. The van der Waals surface area contributed by atoms with E-state index in [1.165, 1.54) is 36.4 Å². The molecule has 0 amide bonds. The molecule has 3 aromatic carbocycles. The summed E-state index contributed by atoms with van der Waals surface area (Å²) in [5, 5.41) is 10.4. The third kappa shape index (κ3) is 5.72. The lowest BCUT2D eigenvalue weighted by Gasteiger charge is -2.06. The van der Waals surface area contributed by atoms with E-state index in [2.05, 4.69) is 18.8 Å². The summed E-state index contributed by atoms with van der Waals surface area (Å²) >= 11 is 0.682. The van der Waals surface area contributed by atoms with Crippen molar-refractivity contribution in [2.24, 2.45) is 0 Å². The van der Waals surface area contributed by atoms with E-state index in [-0.39, 0.29) is 21.6 Å². The standard InChI is InChI=1S/C26H19F4NS/c1-2-3-4-5-18-13-23(28)21(24(29)14-18)10-7-17-6-9-20(22(27)12-17)19-8-11-26(32-16-31)25(30)15-19/h6,8-9,11-15H,2-5H2,1H3. The summed E-state index contributed by atoms with van der Waals surface area (Å²) < 4.78 is 57.3. The smallest absolute Gasteiger partial charge is 0.142 e. The molecule has 0 saturated heterocycles.